The van der Waals surface area contributed by atoms with Crippen LogP contribution in [0.1, 0.15) is 79.1 Å². The largest absolute Gasteiger partial charge is 0.389 e. The van der Waals surface area contributed by atoms with Crippen molar-refractivity contribution in [3.05, 3.63) is 11.6 Å². The third-order valence-electron chi connectivity index (χ3n) is 9.32. The third kappa shape index (κ3) is 2.43. The van der Waals surface area contributed by atoms with E-state index < -0.39 is 11.4 Å². The highest BCUT2D eigenvalue weighted by molar-refractivity contribution is 5.87. The molecule has 1 N–H and O–H groups in total. The van der Waals surface area contributed by atoms with Crippen LogP contribution >= 0.6 is 0 Å². The van der Waals surface area contributed by atoms with Gasteiger partial charge in [-0.25, -0.2) is 0 Å². The molecule has 0 bridgehead atoms. The highest BCUT2D eigenvalue weighted by Crippen LogP contribution is 2.66. The SMILES string of the molecule is CC1(C)COC2(CC[C@]3(C)C4=CC[C@]5(C)C(=O)CC[C@H]5[C@@H]4CCC3(O)C2)OC1. The molecule has 0 aromatic carbocycles. The molecule has 28 heavy (non-hydrogen) atoms. The van der Waals surface area contributed by atoms with E-state index in [1.807, 2.05) is 0 Å². The van der Waals surface area contributed by atoms with Gasteiger partial charge in [0.2, 0.25) is 0 Å². The standard InChI is InChI=1S/C24H36O4/c1-20(2)14-27-24(28-15-20)12-11-22(4)18-8-9-21(3)17(5-6-19(21)25)16(18)7-10-23(22,26)13-24/h8,16-17,26H,5-7,9-15H2,1-4H3/t16-,17-,21-,22+,23?/m0/s1. The second-order valence-corrected chi connectivity index (χ2v) is 11.7. The zero-order valence-electron chi connectivity index (χ0n) is 18.0. The number of ether oxygens (including phenoxy) is 2. The van der Waals surface area contributed by atoms with E-state index in [9.17, 15) is 9.90 Å². The van der Waals surface area contributed by atoms with E-state index in [-0.39, 0.29) is 16.2 Å². The minimum Gasteiger partial charge on any atom is -0.389 e. The Morgan fingerprint density at radius 3 is 2.46 bits per heavy atom. The maximum atomic E-state index is 12.6. The molecule has 156 valence electrons. The molecule has 4 nitrogen and oxygen atoms in total. The summed E-state index contributed by atoms with van der Waals surface area (Å²) in [5, 5.41) is 11.9. The van der Waals surface area contributed by atoms with Gasteiger partial charge in [0.1, 0.15) is 5.78 Å². The van der Waals surface area contributed by atoms with Gasteiger partial charge in [0, 0.05) is 35.5 Å². The van der Waals surface area contributed by atoms with Gasteiger partial charge in [-0.1, -0.05) is 39.3 Å². The van der Waals surface area contributed by atoms with Gasteiger partial charge in [-0.15, -0.1) is 0 Å². The summed E-state index contributed by atoms with van der Waals surface area (Å²) in [5.41, 5.74) is 0.290. The van der Waals surface area contributed by atoms with Crippen molar-refractivity contribution < 1.29 is 19.4 Å². The number of rotatable bonds is 0. The lowest BCUT2D eigenvalue weighted by atomic mass is 9.47. The molecule has 5 aliphatic rings. The number of fused-ring (bicyclic) bond motifs is 5. The summed E-state index contributed by atoms with van der Waals surface area (Å²) in [6, 6.07) is 0. The molecule has 4 fully saturated rings. The maximum Gasteiger partial charge on any atom is 0.171 e. The first-order valence-corrected chi connectivity index (χ1v) is 11.3. The molecule has 1 saturated heterocycles. The van der Waals surface area contributed by atoms with E-state index >= 15 is 0 Å². The Morgan fingerprint density at radius 1 is 1.04 bits per heavy atom. The molecule has 5 atom stereocenters. The smallest absolute Gasteiger partial charge is 0.171 e. The summed E-state index contributed by atoms with van der Waals surface area (Å²) >= 11 is 0. The average Bonchev–Trinajstić information content (AvgIpc) is 2.94. The zero-order valence-corrected chi connectivity index (χ0v) is 18.0. The van der Waals surface area contributed by atoms with Crippen LogP contribution in [-0.2, 0) is 14.3 Å². The summed E-state index contributed by atoms with van der Waals surface area (Å²) in [5.74, 6) is 0.744. The summed E-state index contributed by atoms with van der Waals surface area (Å²) in [7, 11) is 0. The van der Waals surface area contributed by atoms with Crippen molar-refractivity contribution >= 4 is 5.78 Å². The van der Waals surface area contributed by atoms with Crippen molar-refractivity contribution in [3.63, 3.8) is 0 Å². The number of aliphatic hydroxyl groups is 1. The number of ketones is 1. The number of Topliss-reactive ketones (excluding diaryl/α,β-unsaturated/α-hetero) is 1. The Kier molecular flexibility index (Phi) is 3.93. The fourth-order valence-electron chi connectivity index (χ4n) is 7.25. The Morgan fingerprint density at radius 2 is 1.75 bits per heavy atom. The topological polar surface area (TPSA) is 55.8 Å². The van der Waals surface area contributed by atoms with Gasteiger partial charge >= 0.3 is 0 Å². The average molecular weight is 389 g/mol. The number of carbonyl (C=O) groups excluding carboxylic acids is 1. The van der Waals surface area contributed by atoms with Gasteiger partial charge in [0.15, 0.2) is 5.79 Å². The van der Waals surface area contributed by atoms with Gasteiger partial charge < -0.3 is 14.6 Å². The normalized spacial score (nSPS) is 49.2. The number of hydrogen-bond donors (Lipinski definition) is 1. The Bertz CT molecular complexity index is 729. The lowest BCUT2D eigenvalue weighted by Gasteiger charge is -2.62. The van der Waals surface area contributed by atoms with Crippen molar-refractivity contribution in [1.82, 2.24) is 0 Å². The zero-order chi connectivity index (χ0) is 20.0. The summed E-state index contributed by atoms with van der Waals surface area (Å²) in [6.07, 6.45) is 9.01. The van der Waals surface area contributed by atoms with Crippen LogP contribution in [0.4, 0.5) is 0 Å². The fraction of sp³-hybridized carbons (Fsp3) is 0.875. The molecule has 1 aliphatic heterocycles. The molecule has 0 aromatic heterocycles. The van der Waals surface area contributed by atoms with E-state index in [1.54, 1.807) is 0 Å². The molecular formula is C24H36O4. The van der Waals surface area contributed by atoms with Crippen LogP contribution in [0, 0.1) is 28.1 Å². The van der Waals surface area contributed by atoms with E-state index in [4.69, 9.17) is 9.47 Å². The fourth-order valence-corrected chi connectivity index (χ4v) is 7.25. The summed E-state index contributed by atoms with van der Waals surface area (Å²) < 4.78 is 12.5. The molecular weight excluding hydrogens is 352 g/mol. The van der Waals surface area contributed by atoms with Crippen molar-refractivity contribution in [2.45, 2.75) is 90.4 Å². The highest BCUT2D eigenvalue weighted by Gasteiger charge is 2.65. The molecule has 5 rings (SSSR count). The number of allylic oxidation sites excluding steroid dienone is 1. The molecule has 0 radical (unpaired) electrons. The van der Waals surface area contributed by atoms with Gasteiger partial charge in [0.05, 0.1) is 18.8 Å². The van der Waals surface area contributed by atoms with Gasteiger partial charge in [-0.05, 0) is 43.9 Å². The van der Waals surface area contributed by atoms with Crippen LogP contribution in [0.15, 0.2) is 11.6 Å². The maximum absolute atomic E-state index is 12.6. The Hall–Kier alpha value is -0.710. The molecule has 0 aromatic rings. The van der Waals surface area contributed by atoms with Crippen LogP contribution in [-0.4, -0.2) is 35.5 Å². The molecule has 1 heterocycles. The van der Waals surface area contributed by atoms with Crippen molar-refractivity contribution in [2.75, 3.05) is 13.2 Å². The monoisotopic (exact) mass is 388 g/mol. The van der Waals surface area contributed by atoms with Crippen LogP contribution in [0.5, 0.6) is 0 Å². The van der Waals surface area contributed by atoms with Gasteiger partial charge in [-0.3, -0.25) is 4.79 Å². The molecule has 4 aliphatic carbocycles. The first kappa shape index (κ1) is 19.3. The van der Waals surface area contributed by atoms with Crippen LogP contribution < -0.4 is 0 Å². The predicted octanol–water partition coefficient (Wildman–Crippen LogP) is 4.40. The number of carbonyl (C=O) groups is 1. The minimum absolute atomic E-state index is 0.0393. The Labute approximate surface area is 169 Å². The van der Waals surface area contributed by atoms with Crippen LogP contribution in [0.25, 0.3) is 0 Å². The van der Waals surface area contributed by atoms with Crippen molar-refractivity contribution in [3.8, 4) is 0 Å². The predicted molar refractivity (Wildman–Crippen MR) is 107 cm³/mol. The minimum atomic E-state index is -0.786. The lowest BCUT2D eigenvalue weighted by molar-refractivity contribution is -0.342. The first-order valence-electron chi connectivity index (χ1n) is 11.3. The first-order chi connectivity index (χ1) is 13.0. The van der Waals surface area contributed by atoms with Gasteiger partial charge in [0.25, 0.3) is 0 Å². The molecule has 1 unspecified atom stereocenters. The molecule has 4 heteroatoms. The lowest BCUT2D eigenvalue weighted by Crippen LogP contribution is -2.64. The van der Waals surface area contributed by atoms with Crippen molar-refractivity contribution in [1.29, 1.82) is 0 Å². The van der Waals surface area contributed by atoms with Gasteiger partial charge in [-0.2, -0.15) is 0 Å². The second kappa shape index (κ2) is 5.70. The van der Waals surface area contributed by atoms with E-state index in [2.05, 4.69) is 33.8 Å². The number of hydrogen-bond acceptors (Lipinski definition) is 4. The summed E-state index contributed by atoms with van der Waals surface area (Å²) in [6.45, 7) is 10.2. The van der Waals surface area contributed by atoms with Crippen molar-refractivity contribution in [2.24, 2.45) is 28.1 Å². The third-order valence-corrected chi connectivity index (χ3v) is 9.32. The second-order valence-electron chi connectivity index (χ2n) is 11.7. The molecule has 3 saturated carbocycles. The highest BCUT2D eigenvalue weighted by atomic mass is 16.7. The van der Waals surface area contributed by atoms with Crippen LogP contribution in [0.2, 0.25) is 0 Å². The molecule has 1 spiro atoms. The Balaban J connectivity index is 1.45. The summed E-state index contributed by atoms with van der Waals surface area (Å²) in [4.78, 5) is 12.6. The van der Waals surface area contributed by atoms with E-state index in [0.29, 0.717) is 37.3 Å². The van der Waals surface area contributed by atoms with E-state index in [0.717, 1.165) is 44.9 Å². The van der Waals surface area contributed by atoms with Crippen LogP contribution in [0.3, 0.4) is 0 Å². The molecule has 0 amide bonds. The van der Waals surface area contributed by atoms with E-state index in [1.165, 1.54) is 5.57 Å². The quantitative estimate of drug-likeness (QED) is 0.625.